The Labute approximate surface area is 204 Å². The van der Waals surface area contributed by atoms with E-state index >= 15 is 0 Å². The van der Waals surface area contributed by atoms with Crippen LogP contribution in [0.4, 0.5) is 4.79 Å². The Hall–Kier alpha value is -2.95. The molecule has 4 heterocycles. The lowest BCUT2D eigenvalue weighted by Gasteiger charge is -2.38. The highest BCUT2D eigenvalue weighted by Gasteiger charge is 2.45. The molecule has 2 aromatic heterocycles. The van der Waals surface area contributed by atoms with Crippen molar-refractivity contribution in [1.82, 2.24) is 19.9 Å². The summed E-state index contributed by atoms with van der Waals surface area (Å²) in [5.41, 5.74) is 0.635. The molecule has 188 valence electrons. The smallest absolute Gasteiger partial charge is 0.410 e. The third kappa shape index (κ3) is 4.91. The van der Waals surface area contributed by atoms with Gasteiger partial charge in [0.15, 0.2) is 14.9 Å². The number of carbonyl (C=O) groups is 1. The zero-order chi connectivity index (χ0) is 24.7. The molecule has 1 aliphatic carbocycles. The minimum atomic E-state index is -3.35. The normalized spacial score (nSPS) is 23.9. The molecule has 2 saturated heterocycles. The SMILES string of the molecule is Cc1c(Oc2ccc(S(=O)(=O)C3CC3)nc2)ncnc1OC1CC2CCC(C1)N2C(=O)OC(C)C. The summed E-state index contributed by atoms with van der Waals surface area (Å²) in [5.74, 6) is 1.12. The minimum absolute atomic E-state index is 0.0639. The number of fused-ring (bicyclic) bond motifs is 2. The first kappa shape index (κ1) is 23.8. The van der Waals surface area contributed by atoms with Crippen LogP contribution < -0.4 is 9.47 Å². The van der Waals surface area contributed by atoms with Crippen molar-refractivity contribution in [2.45, 2.75) is 93.9 Å². The van der Waals surface area contributed by atoms with Crippen molar-refractivity contribution in [1.29, 1.82) is 0 Å². The van der Waals surface area contributed by atoms with Crippen LogP contribution in [-0.2, 0) is 14.6 Å². The van der Waals surface area contributed by atoms with Gasteiger partial charge in [-0.3, -0.25) is 0 Å². The molecule has 0 N–H and O–H groups in total. The number of hydrogen-bond acceptors (Lipinski definition) is 9. The van der Waals surface area contributed by atoms with E-state index in [0.29, 0.717) is 48.8 Å². The average Bonchev–Trinajstić information content (AvgIpc) is 3.62. The van der Waals surface area contributed by atoms with Crippen molar-refractivity contribution < 1.29 is 27.4 Å². The number of pyridine rings is 1. The number of piperidine rings is 1. The molecule has 3 fully saturated rings. The van der Waals surface area contributed by atoms with Gasteiger partial charge < -0.3 is 19.1 Å². The van der Waals surface area contributed by atoms with Gasteiger partial charge in [-0.2, -0.15) is 0 Å². The van der Waals surface area contributed by atoms with E-state index in [4.69, 9.17) is 14.2 Å². The summed E-state index contributed by atoms with van der Waals surface area (Å²) in [6, 6.07) is 3.23. The van der Waals surface area contributed by atoms with Crippen molar-refractivity contribution in [3.63, 3.8) is 0 Å². The average molecular weight is 503 g/mol. The lowest BCUT2D eigenvalue weighted by atomic mass is 10.0. The summed E-state index contributed by atoms with van der Waals surface area (Å²) in [6.07, 6.45) is 6.97. The number of sulfone groups is 1. The van der Waals surface area contributed by atoms with Gasteiger partial charge in [-0.25, -0.2) is 28.2 Å². The molecular weight excluding hydrogens is 472 g/mol. The molecular formula is C24H30N4O6S. The second kappa shape index (κ2) is 9.25. The van der Waals surface area contributed by atoms with Gasteiger partial charge in [-0.1, -0.05) is 0 Å². The van der Waals surface area contributed by atoms with Crippen molar-refractivity contribution >= 4 is 15.9 Å². The van der Waals surface area contributed by atoms with E-state index in [1.807, 2.05) is 25.7 Å². The first-order chi connectivity index (χ1) is 16.7. The van der Waals surface area contributed by atoms with Crippen molar-refractivity contribution in [2.75, 3.05) is 0 Å². The zero-order valence-electron chi connectivity index (χ0n) is 20.1. The zero-order valence-corrected chi connectivity index (χ0v) is 20.9. The van der Waals surface area contributed by atoms with E-state index in [2.05, 4.69) is 15.0 Å². The van der Waals surface area contributed by atoms with E-state index in [1.165, 1.54) is 18.6 Å². The summed E-state index contributed by atoms with van der Waals surface area (Å²) in [4.78, 5) is 27.0. The monoisotopic (exact) mass is 502 g/mol. The van der Waals surface area contributed by atoms with Gasteiger partial charge in [0.1, 0.15) is 18.2 Å². The Morgan fingerprint density at radius 2 is 1.71 bits per heavy atom. The fourth-order valence-electron chi connectivity index (χ4n) is 4.84. The maximum Gasteiger partial charge on any atom is 0.410 e. The highest BCUT2D eigenvalue weighted by Crippen LogP contribution is 2.39. The molecule has 0 radical (unpaired) electrons. The van der Waals surface area contributed by atoms with Crippen LogP contribution in [0.1, 0.15) is 57.9 Å². The molecule has 2 aromatic rings. The second-order valence-electron chi connectivity index (χ2n) is 9.72. The number of rotatable bonds is 7. The van der Waals surface area contributed by atoms with Gasteiger partial charge in [0.2, 0.25) is 11.8 Å². The maximum atomic E-state index is 12.5. The fourth-order valence-corrected chi connectivity index (χ4v) is 6.39. The fraction of sp³-hybridized carbons (Fsp3) is 0.583. The highest BCUT2D eigenvalue weighted by atomic mass is 32.2. The van der Waals surface area contributed by atoms with Crippen LogP contribution in [0, 0.1) is 6.92 Å². The Morgan fingerprint density at radius 3 is 2.31 bits per heavy atom. The van der Waals surface area contributed by atoms with Gasteiger partial charge in [0.25, 0.3) is 0 Å². The molecule has 2 aliphatic heterocycles. The van der Waals surface area contributed by atoms with Crippen molar-refractivity contribution in [3.8, 4) is 17.5 Å². The van der Waals surface area contributed by atoms with Crippen LogP contribution in [0.25, 0.3) is 0 Å². The van der Waals surface area contributed by atoms with E-state index in [0.717, 1.165) is 12.8 Å². The summed E-state index contributed by atoms with van der Waals surface area (Å²) >= 11 is 0. The summed E-state index contributed by atoms with van der Waals surface area (Å²) in [5, 5.41) is -0.248. The van der Waals surface area contributed by atoms with Crippen molar-refractivity contribution in [3.05, 3.63) is 30.2 Å². The first-order valence-corrected chi connectivity index (χ1v) is 13.6. The number of hydrogen-bond donors (Lipinski definition) is 0. The van der Waals surface area contributed by atoms with Crippen LogP contribution in [0.15, 0.2) is 29.7 Å². The van der Waals surface area contributed by atoms with Gasteiger partial charge in [-0.05, 0) is 58.6 Å². The van der Waals surface area contributed by atoms with E-state index in [-0.39, 0.29) is 40.7 Å². The standard InChI is InChI=1S/C24H30N4O6S/c1-14(2)32-24(29)28-16-4-5-17(28)11-19(10-16)34-23-15(3)22(26-13-27-23)33-18-6-9-21(25-12-18)35(30,31)20-7-8-20/h6,9,12-14,16-17,19-20H,4-5,7-8,10-11H2,1-3H3. The van der Waals surface area contributed by atoms with Gasteiger partial charge in [0, 0.05) is 24.9 Å². The molecule has 1 amide bonds. The van der Waals surface area contributed by atoms with Crippen LogP contribution in [0.5, 0.6) is 17.5 Å². The Kier molecular flexibility index (Phi) is 6.29. The molecule has 0 aromatic carbocycles. The summed E-state index contributed by atoms with van der Waals surface area (Å²) in [6.45, 7) is 5.52. The van der Waals surface area contributed by atoms with Gasteiger partial charge in [0.05, 0.1) is 23.1 Å². The lowest BCUT2D eigenvalue weighted by molar-refractivity contribution is 0.0206. The van der Waals surface area contributed by atoms with Crippen molar-refractivity contribution in [2.24, 2.45) is 0 Å². The topological polar surface area (TPSA) is 121 Å². The third-order valence-corrected chi connectivity index (χ3v) is 8.86. The molecule has 11 heteroatoms. The predicted molar refractivity (Wildman–Crippen MR) is 125 cm³/mol. The molecule has 10 nitrogen and oxygen atoms in total. The minimum Gasteiger partial charge on any atom is -0.474 e. The highest BCUT2D eigenvalue weighted by molar-refractivity contribution is 7.92. The van der Waals surface area contributed by atoms with E-state index in [1.54, 1.807) is 6.07 Å². The lowest BCUT2D eigenvalue weighted by Crippen LogP contribution is -2.50. The number of nitrogens with zero attached hydrogens (tertiary/aromatic N) is 4. The summed E-state index contributed by atoms with van der Waals surface area (Å²) < 4.78 is 42.2. The van der Waals surface area contributed by atoms with Gasteiger partial charge >= 0.3 is 6.09 Å². The second-order valence-corrected chi connectivity index (χ2v) is 11.9. The Balaban J connectivity index is 1.24. The number of aromatic nitrogens is 3. The number of carbonyl (C=O) groups excluding carboxylic acids is 1. The number of amides is 1. The molecule has 3 aliphatic rings. The molecule has 2 bridgehead atoms. The maximum absolute atomic E-state index is 12.5. The largest absolute Gasteiger partial charge is 0.474 e. The predicted octanol–water partition coefficient (Wildman–Crippen LogP) is 3.83. The van der Waals surface area contributed by atoms with Gasteiger partial charge in [-0.15, -0.1) is 0 Å². The molecule has 2 unspecified atom stereocenters. The van der Waals surface area contributed by atoms with E-state index < -0.39 is 9.84 Å². The van der Waals surface area contributed by atoms with Crippen LogP contribution in [-0.4, -0.2) is 63.9 Å². The summed E-state index contributed by atoms with van der Waals surface area (Å²) in [7, 11) is -3.35. The molecule has 2 atom stereocenters. The number of ether oxygens (including phenoxy) is 3. The van der Waals surface area contributed by atoms with Crippen LogP contribution in [0.2, 0.25) is 0 Å². The third-order valence-electron chi connectivity index (χ3n) is 6.69. The Morgan fingerprint density at radius 1 is 1.03 bits per heavy atom. The quantitative estimate of drug-likeness (QED) is 0.556. The molecule has 1 saturated carbocycles. The van der Waals surface area contributed by atoms with Crippen LogP contribution >= 0.6 is 0 Å². The Bertz CT molecular complexity index is 1180. The molecule has 5 rings (SSSR count). The van der Waals surface area contributed by atoms with E-state index in [9.17, 15) is 13.2 Å². The molecule has 35 heavy (non-hydrogen) atoms. The molecule has 0 spiro atoms. The van der Waals surface area contributed by atoms with Crippen LogP contribution in [0.3, 0.4) is 0 Å². The first-order valence-electron chi connectivity index (χ1n) is 12.1.